The van der Waals surface area contributed by atoms with Gasteiger partial charge in [-0.2, -0.15) is 5.10 Å². The van der Waals surface area contributed by atoms with E-state index < -0.39 is 5.60 Å². The van der Waals surface area contributed by atoms with Gasteiger partial charge in [-0.05, 0) is 63.9 Å². The molecule has 4 heterocycles. The molecule has 2 saturated heterocycles. The lowest BCUT2D eigenvalue weighted by Crippen LogP contribution is -2.50. The first-order valence-electron chi connectivity index (χ1n) is 11.7. The van der Waals surface area contributed by atoms with Gasteiger partial charge < -0.3 is 15.0 Å². The van der Waals surface area contributed by atoms with Gasteiger partial charge in [0.15, 0.2) is 5.82 Å². The second-order valence-corrected chi connectivity index (χ2v) is 10.7. The number of aliphatic imine (C=N–C) groups is 1. The second-order valence-electron chi connectivity index (χ2n) is 10.7. The maximum atomic E-state index is 15.1. The van der Waals surface area contributed by atoms with Gasteiger partial charge in [0.25, 0.3) is 0 Å². The molecule has 4 aliphatic rings. The van der Waals surface area contributed by atoms with Crippen molar-refractivity contribution in [2.75, 3.05) is 18.0 Å². The van der Waals surface area contributed by atoms with E-state index in [1.807, 2.05) is 26.0 Å². The Morgan fingerprint density at radius 1 is 1.21 bits per heavy atom. The van der Waals surface area contributed by atoms with Gasteiger partial charge in [0, 0.05) is 41.4 Å². The van der Waals surface area contributed by atoms with Gasteiger partial charge in [0.2, 0.25) is 0 Å². The van der Waals surface area contributed by atoms with Gasteiger partial charge >= 0.3 is 0 Å². The fraction of sp³-hybridized carbons (Fsp3) is 0.520. The summed E-state index contributed by atoms with van der Waals surface area (Å²) < 4.78 is 16.8. The zero-order chi connectivity index (χ0) is 23.0. The molecule has 0 radical (unpaired) electrons. The van der Waals surface area contributed by atoms with Crippen LogP contribution in [0.4, 0.5) is 10.2 Å². The van der Waals surface area contributed by atoms with Crippen LogP contribution in [0.15, 0.2) is 35.7 Å². The van der Waals surface area contributed by atoms with Gasteiger partial charge in [-0.3, -0.25) is 0 Å². The summed E-state index contributed by atoms with van der Waals surface area (Å²) in [5.74, 6) is 1.28. The summed E-state index contributed by atoms with van der Waals surface area (Å²) >= 11 is 0. The smallest absolute Gasteiger partial charge is 0.159 e. The molecule has 1 aromatic carbocycles. The van der Waals surface area contributed by atoms with E-state index >= 15 is 4.39 Å². The Kier molecular flexibility index (Phi) is 4.28. The van der Waals surface area contributed by atoms with E-state index in [1.54, 1.807) is 23.3 Å². The fourth-order valence-electron chi connectivity index (χ4n) is 6.18. The van der Waals surface area contributed by atoms with Gasteiger partial charge in [-0.25, -0.2) is 19.0 Å². The fourth-order valence-corrected chi connectivity index (χ4v) is 6.18. The summed E-state index contributed by atoms with van der Waals surface area (Å²) in [7, 11) is 0. The monoisotopic (exact) mass is 448 g/mol. The number of nitrogens with zero attached hydrogens (tertiary/aromatic N) is 6. The summed E-state index contributed by atoms with van der Waals surface area (Å²) in [5.41, 5.74) is 0.449. The molecule has 2 aromatic heterocycles. The first kappa shape index (κ1) is 20.7. The van der Waals surface area contributed by atoms with E-state index in [4.69, 9.17) is 0 Å². The lowest BCUT2D eigenvalue weighted by molar-refractivity contribution is -0.0754. The molecule has 3 aromatic rings. The number of halogens is 1. The normalized spacial score (nSPS) is 25.7. The lowest BCUT2D eigenvalue weighted by atomic mass is 9.61. The molecular formula is C25H29FN6O. The number of aromatic nitrogens is 4. The van der Waals surface area contributed by atoms with Crippen LogP contribution in [0.1, 0.15) is 51.5 Å². The second kappa shape index (κ2) is 6.82. The molecule has 7 rings (SSSR count). The van der Waals surface area contributed by atoms with Crippen LogP contribution in [0.5, 0.6) is 0 Å². The van der Waals surface area contributed by atoms with Crippen LogP contribution in [0.25, 0.3) is 16.7 Å². The zero-order valence-electron chi connectivity index (χ0n) is 19.1. The van der Waals surface area contributed by atoms with Gasteiger partial charge in [0.05, 0.1) is 17.3 Å². The van der Waals surface area contributed by atoms with Gasteiger partial charge in [0.1, 0.15) is 18.0 Å². The molecule has 7 nitrogen and oxygen atoms in total. The molecule has 1 N–H and O–H groups in total. The molecule has 2 bridgehead atoms. The SMILES string of the molecule is C=NCC1(c2cc3c(cnn3-c3cc(N4CC5(C(C)(C)O)CC4C5)ncn3)cc2F)CCC1. The van der Waals surface area contributed by atoms with E-state index in [2.05, 4.69) is 31.7 Å². The minimum absolute atomic E-state index is 0.0795. The van der Waals surface area contributed by atoms with E-state index in [0.717, 1.165) is 55.4 Å². The number of fused-ring (bicyclic) bond motifs is 2. The van der Waals surface area contributed by atoms with Crippen molar-refractivity contribution in [3.8, 4) is 5.82 Å². The van der Waals surface area contributed by atoms with Crippen molar-refractivity contribution in [3.05, 3.63) is 42.1 Å². The molecular weight excluding hydrogens is 419 g/mol. The lowest BCUT2D eigenvalue weighted by Gasteiger charge is -2.45. The maximum Gasteiger partial charge on any atom is 0.159 e. The molecule has 33 heavy (non-hydrogen) atoms. The molecule has 2 aliphatic heterocycles. The molecule has 172 valence electrons. The van der Waals surface area contributed by atoms with Crippen LogP contribution in [-0.2, 0) is 5.41 Å². The van der Waals surface area contributed by atoms with Crippen molar-refractivity contribution in [3.63, 3.8) is 0 Å². The van der Waals surface area contributed by atoms with Crippen LogP contribution >= 0.6 is 0 Å². The summed E-state index contributed by atoms with van der Waals surface area (Å²) in [6, 6.07) is 5.82. The Balaban J connectivity index is 1.38. The van der Waals surface area contributed by atoms with Crippen molar-refractivity contribution in [1.29, 1.82) is 0 Å². The first-order chi connectivity index (χ1) is 15.8. The van der Waals surface area contributed by atoms with Crippen molar-refractivity contribution in [1.82, 2.24) is 19.7 Å². The Hall–Kier alpha value is -2.87. The number of anilines is 1. The molecule has 0 spiro atoms. The molecule has 4 fully saturated rings. The van der Waals surface area contributed by atoms with Crippen LogP contribution < -0.4 is 4.90 Å². The molecule has 0 unspecified atom stereocenters. The highest BCUT2D eigenvalue weighted by Crippen LogP contribution is 2.58. The minimum Gasteiger partial charge on any atom is -0.390 e. The van der Waals surface area contributed by atoms with Crippen molar-refractivity contribution >= 4 is 23.4 Å². The topological polar surface area (TPSA) is 79.4 Å². The summed E-state index contributed by atoms with van der Waals surface area (Å²) in [5, 5.41) is 15.9. The van der Waals surface area contributed by atoms with E-state index in [-0.39, 0.29) is 16.6 Å². The maximum absolute atomic E-state index is 15.1. The van der Waals surface area contributed by atoms with Crippen LogP contribution in [0, 0.1) is 11.2 Å². The predicted octanol–water partition coefficient (Wildman–Crippen LogP) is 3.82. The first-order valence-corrected chi connectivity index (χ1v) is 11.7. The molecule has 2 saturated carbocycles. The summed E-state index contributed by atoms with van der Waals surface area (Å²) in [4.78, 5) is 15.4. The predicted molar refractivity (Wildman–Crippen MR) is 126 cm³/mol. The number of aliphatic hydroxyl groups is 1. The van der Waals surface area contributed by atoms with E-state index in [9.17, 15) is 5.11 Å². The van der Waals surface area contributed by atoms with Crippen molar-refractivity contribution in [2.45, 2.75) is 63.0 Å². The summed E-state index contributed by atoms with van der Waals surface area (Å²) in [6.45, 7) is 8.77. The zero-order valence-corrected chi connectivity index (χ0v) is 19.1. The van der Waals surface area contributed by atoms with Crippen molar-refractivity contribution < 1.29 is 9.50 Å². The van der Waals surface area contributed by atoms with E-state index in [0.29, 0.717) is 24.0 Å². The average Bonchev–Trinajstić information content (AvgIpc) is 3.41. The standard InChI is InChI=1S/C25H29FN6O/c1-23(2,33)25-10-17(11-25)31(14-25)21-9-22(29-15-28-21)32-20-8-18(19(26)7-16(20)12-30-32)24(13-27-3)5-4-6-24/h7-9,12,15,17,33H,3-6,10-11,13-14H2,1-2H3. The Bertz CT molecular complexity index is 1250. The number of rotatable bonds is 6. The van der Waals surface area contributed by atoms with Crippen LogP contribution in [-0.4, -0.2) is 56.3 Å². The largest absolute Gasteiger partial charge is 0.390 e. The minimum atomic E-state index is -0.718. The number of hydrogen-bond acceptors (Lipinski definition) is 6. The van der Waals surface area contributed by atoms with Gasteiger partial charge in [-0.1, -0.05) is 6.42 Å². The molecule has 0 amide bonds. The number of hydrogen-bond donors (Lipinski definition) is 1. The van der Waals surface area contributed by atoms with Crippen molar-refractivity contribution in [2.24, 2.45) is 10.4 Å². The average molecular weight is 449 g/mol. The van der Waals surface area contributed by atoms with Crippen LogP contribution in [0.3, 0.4) is 0 Å². The third-order valence-corrected chi connectivity index (χ3v) is 8.57. The molecule has 8 heteroatoms. The summed E-state index contributed by atoms with van der Waals surface area (Å²) in [6.07, 6.45) is 8.10. The third-order valence-electron chi connectivity index (χ3n) is 8.57. The highest BCUT2D eigenvalue weighted by molar-refractivity contribution is 5.81. The highest BCUT2D eigenvalue weighted by Gasteiger charge is 2.62. The van der Waals surface area contributed by atoms with Crippen LogP contribution in [0.2, 0.25) is 0 Å². The molecule has 0 atom stereocenters. The Morgan fingerprint density at radius 2 is 1.97 bits per heavy atom. The highest BCUT2D eigenvalue weighted by atomic mass is 19.1. The molecule has 2 aliphatic carbocycles. The van der Waals surface area contributed by atoms with E-state index in [1.165, 1.54) is 0 Å². The quantitative estimate of drug-likeness (QED) is 0.580. The third kappa shape index (κ3) is 2.89. The Morgan fingerprint density at radius 3 is 2.61 bits per heavy atom. The number of benzene rings is 1. The van der Waals surface area contributed by atoms with Gasteiger partial charge in [-0.15, -0.1) is 0 Å². The Labute approximate surface area is 192 Å².